The highest BCUT2D eigenvalue weighted by Crippen LogP contribution is 2.31. The zero-order valence-electron chi connectivity index (χ0n) is 17.8. The van der Waals surface area contributed by atoms with E-state index in [9.17, 15) is 0 Å². The lowest BCUT2D eigenvalue weighted by atomic mass is 9.87. The average Bonchev–Trinajstić information content (AvgIpc) is 2.75. The summed E-state index contributed by atoms with van der Waals surface area (Å²) in [6.45, 7) is 6.62. The molecule has 3 rings (SSSR count). The summed E-state index contributed by atoms with van der Waals surface area (Å²) in [6, 6.07) is 19.0. The fourth-order valence-corrected chi connectivity index (χ4v) is 4.12. The van der Waals surface area contributed by atoms with E-state index in [4.69, 9.17) is 9.47 Å². The van der Waals surface area contributed by atoms with Crippen LogP contribution in [0.5, 0.6) is 5.75 Å². The van der Waals surface area contributed by atoms with Gasteiger partial charge in [-0.05, 0) is 48.4 Å². The van der Waals surface area contributed by atoms with Crippen LogP contribution in [0.1, 0.15) is 88.9 Å². The molecule has 1 saturated carbocycles. The molecule has 0 saturated heterocycles. The van der Waals surface area contributed by atoms with Gasteiger partial charge in [0.25, 0.3) is 0 Å². The van der Waals surface area contributed by atoms with Gasteiger partial charge in [0.2, 0.25) is 6.29 Å². The smallest absolute Gasteiger partial charge is 0.200 e. The first-order valence-corrected chi connectivity index (χ1v) is 11.1. The zero-order chi connectivity index (χ0) is 19.8. The van der Waals surface area contributed by atoms with Crippen LogP contribution in [0.2, 0.25) is 0 Å². The second-order valence-electron chi connectivity index (χ2n) is 8.35. The highest BCUT2D eigenvalue weighted by Gasteiger charge is 2.23. The van der Waals surface area contributed by atoms with E-state index in [1.54, 1.807) is 0 Å². The number of benzene rings is 2. The van der Waals surface area contributed by atoms with Gasteiger partial charge in [0.05, 0.1) is 6.10 Å². The second kappa shape index (κ2) is 10.7. The van der Waals surface area contributed by atoms with Gasteiger partial charge in [-0.3, -0.25) is 0 Å². The zero-order valence-corrected chi connectivity index (χ0v) is 17.8. The van der Waals surface area contributed by atoms with Crippen molar-refractivity contribution >= 4 is 0 Å². The van der Waals surface area contributed by atoms with E-state index in [-0.39, 0.29) is 12.4 Å². The molecular formula is C26H36O2. The maximum atomic E-state index is 6.42. The molecule has 0 bridgehead atoms. The van der Waals surface area contributed by atoms with E-state index in [1.165, 1.54) is 43.2 Å². The molecule has 0 amide bonds. The maximum Gasteiger partial charge on any atom is 0.200 e. The van der Waals surface area contributed by atoms with Crippen molar-refractivity contribution in [1.82, 2.24) is 0 Å². The topological polar surface area (TPSA) is 18.5 Å². The lowest BCUT2D eigenvalue weighted by molar-refractivity contribution is -0.127. The Morgan fingerprint density at radius 1 is 0.857 bits per heavy atom. The summed E-state index contributed by atoms with van der Waals surface area (Å²) in [5, 5.41) is 0. The SMILES string of the molecule is CCC(C)c1ccc(OC(CC2CCCCC2)OC(C)c2ccccc2)cc1. The molecule has 2 aromatic rings. The Bertz CT molecular complexity index is 673. The molecule has 1 fully saturated rings. The number of ether oxygens (including phenoxy) is 2. The molecule has 28 heavy (non-hydrogen) atoms. The van der Waals surface area contributed by atoms with Gasteiger partial charge in [0.15, 0.2) is 0 Å². The summed E-state index contributed by atoms with van der Waals surface area (Å²) >= 11 is 0. The first kappa shape index (κ1) is 20.9. The van der Waals surface area contributed by atoms with Crippen LogP contribution >= 0.6 is 0 Å². The van der Waals surface area contributed by atoms with Crippen LogP contribution in [-0.4, -0.2) is 6.29 Å². The molecule has 3 atom stereocenters. The molecule has 0 aliphatic heterocycles. The van der Waals surface area contributed by atoms with Crippen molar-refractivity contribution < 1.29 is 9.47 Å². The Morgan fingerprint density at radius 2 is 1.54 bits per heavy atom. The monoisotopic (exact) mass is 380 g/mol. The predicted molar refractivity (Wildman–Crippen MR) is 117 cm³/mol. The third kappa shape index (κ3) is 6.10. The summed E-state index contributed by atoms with van der Waals surface area (Å²) in [7, 11) is 0. The maximum absolute atomic E-state index is 6.42. The number of rotatable bonds is 9. The lowest BCUT2D eigenvalue weighted by Gasteiger charge is -2.29. The predicted octanol–water partition coefficient (Wildman–Crippen LogP) is 7.65. The van der Waals surface area contributed by atoms with Crippen molar-refractivity contribution in [2.75, 3.05) is 0 Å². The molecule has 2 nitrogen and oxygen atoms in total. The Kier molecular flexibility index (Phi) is 7.97. The molecule has 0 N–H and O–H groups in total. The third-order valence-electron chi connectivity index (χ3n) is 6.20. The van der Waals surface area contributed by atoms with E-state index in [0.717, 1.165) is 18.6 Å². The van der Waals surface area contributed by atoms with E-state index in [2.05, 4.69) is 69.3 Å². The van der Waals surface area contributed by atoms with Crippen LogP contribution in [0.3, 0.4) is 0 Å². The molecule has 0 aromatic heterocycles. The Labute approximate surface area is 171 Å². The highest BCUT2D eigenvalue weighted by molar-refractivity contribution is 5.29. The van der Waals surface area contributed by atoms with Crippen molar-refractivity contribution in [1.29, 1.82) is 0 Å². The van der Waals surface area contributed by atoms with Gasteiger partial charge in [-0.25, -0.2) is 0 Å². The van der Waals surface area contributed by atoms with Gasteiger partial charge >= 0.3 is 0 Å². The van der Waals surface area contributed by atoms with Crippen molar-refractivity contribution in [3.8, 4) is 5.75 Å². The fourth-order valence-electron chi connectivity index (χ4n) is 4.12. The molecule has 2 heteroatoms. The van der Waals surface area contributed by atoms with Gasteiger partial charge in [0, 0.05) is 6.42 Å². The summed E-state index contributed by atoms with van der Waals surface area (Å²) in [4.78, 5) is 0. The van der Waals surface area contributed by atoms with Gasteiger partial charge in [0.1, 0.15) is 5.75 Å². The molecular weight excluding hydrogens is 344 g/mol. The number of hydrogen-bond donors (Lipinski definition) is 0. The van der Waals surface area contributed by atoms with Gasteiger partial charge in [-0.2, -0.15) is 0 Å². The normalized spacial score (nSPS) is 18.4. The van der Waals surface area contributed by atoms with E-state index < -0.39 is 0 Å². The minimum Gasteiger partial charge on any atom is -0.465 e. The van der Waals surface area contributed by atoms with Crippen molar-refractivity contribution in [2.45, 2.75) is 84.0 Å². The van der Waals surface area contributed by atoms with Crippen molar-refractivity contribution in [3.63, 3.8) is 0 Å². The van der Waals surface area contributed by atoms with Crippen molar-refractivity contribution in [2.24, 2.45) is 5.92 Å². The largest absolute Gasteiger partial charge is 0.465 e. The highest BCUT2D eigenvalue weighted by atomic mass is 16.7. The summed E-state index contributed by atoms with van der Waals surface area (Å²) in [5.41, 5.74) is 2.57. The van der Waals surface area contributed by atoms with Gasteiger partial charge in [-0.15, -0.1) is 0 Å². The fraction of sp³-hybridized carbons (Fsp3) is 0.538. The standard InChI is InChI=1S/C26H36O2/c1-4-20(2)23-15-17-25(18-16-23)28-26(19-22-11-7-5-8-12-22)27-21(3)24-13-9-6-10-14-24/h6,9-10,13-18,20-22,26H,4-5,7-8,11-12,19H2,1-3H3. The summed E-state index contributed by atoms with van der Waals surface area (Å²) in [6.07, 6.45) is 8.62. The molecule has 0 heterocycles. The van der Waals surface area contributed by atoms with Crippen LogP contribution < -0.4 is 4.74 Å². The second-order valence-corrected chi connectivity index (χ2v) is 8.35. The van der Waals surface area contributed by atoms with E-state index in [1.807, 2.05) is 6.07 Å². The van der Waals surface area contributed by atoms with E-state index in [0.29, 0.717) is 11.8 Å². The van der Waals surface area contributed by atoms with Crippen LogP contribution in [0.15, 0.2) is 54.6 Å². The van der Waals surface area contributed by atoms with Crippen LogP contribution in [0.25, 0.3) is 0 Å². The Balaban J connectivity index is 1.67. The van der Waals surface area contributed by atoms with Crippen molar-refractivity contribution in [3.05, 3.63) is 65.7 Å². The molecule has 3 unspecified atom stereocenters. The first-order valence-electron chi connectivity index (χ1n) is 11.1. The molecule has 1 aliphatic rings. The minimum atomic E-state index is -0.201. The summed E-state index contributed by atoms with van der Waals surface area (Å²) < 4.78 is 12.8. The van der Waals surface area contributed by atoms with E-state index >= 15 is 0 Å². The molecule has 0 radical (unpaired) electrons. The van der Waals surface area contributed by atoms with Crippen LogP contribution in [0.4, 0.5) is 0 Å². The Morgan fingerprint density at radius 3 is 2.18 bits per heavy atom. The van der Waals surface area contributed by atoms with Gasteiger partial charge in [-0.1, -0.05) is 88.4 Å². The average molecular weight is 381 g/mol. The Hall–Kier alpha value is -1.80. The van der Waals surface area contributed by atoms with Gasteiger partial charge < -0.3 is 9.47 Å². The molecule has 2 aromatic carbocycles. The number of hydrogen-bond acceptors (Lipinski definition) is 2. The first-order chi connectivity index (χ1) is 13.7. The summed E-state index contributed by atoms with van der Waals surface area (Å²) in [5.74, 6) is 2.20. The van der Waals surface area contributed by atoms with Crippen LogP contribution in [-0.2, 0) is 4.74 Å². The van der Waals surface area contributed by atoms with Crippen LogP contribution in [0, 0.1) is 5.92 Å². The minimum absolute atomic E-state index is 0.0224. The molecule has 0 spiro atoms. The third-order valence-corrected chi connectivity index (χ3v) is 6.20. The molecule has 152 valence electrons. The quantitative estimate of drug-likeness (QED) is 0.416. The molecule has 1 aliphatic carbocycles. The lowest BCUT2D eigenvalue weighted by Crippen LogP contribution is -2.26.